The largest absolute Gasteiger partial charge is 0.443 e. The molecule has 1 heterocycles. The standard InChI is InChI=1S/C10H5BrF3NS/c11-7-3-1-6(2-4-7)8-5-16-9(15-8)10(12,13)14/h1-5H. The Labute approximate surface area is 102 Å². The first kappa shape index (κ1) is 11.6. The molecular formula is C10H5BrF3NS. The second-order valence-corrected chi connectivity index (χ2v) is 4.82. The van der Waals surface area contributed by atoms with Gasteiger partial charge in [-0.1, -0.05) is 28.1 Å². The number of rotatable bonds is 1. The van der Waals surface area contributed by atoms with Crippen LogP contribution in [-0.4, -0.2) is 4.98 Å². The first-order chi connectivity index (χ1) is 7.47. The van der Waals surface area contributed by atoms with Crippen molar-refractivity contribution in [2.24, 2.45) is 0 Å². The van der Waals surface area contributed by atoms with Crippen molar-refractivity contribution in [3.63, 3.8) is 0 Å². The maximum Gasteiger partial charge on any atom is 0.443 e. The van der Waals surface area contributed by atoms with E-state index in [0.29, 0.717) is 22.6 Å². The molecule has 1 aromatic heterocycles. The zero-order chi connectivity index (χ0) is 11.8. The van der Waals surface area contributed by atoms with E-state index in [0.717, 1.165) is 4.47 Å². The van der Waals surface area contributed by atoms with Gasteiger partial charge < -0.3 is 0 Å². The maximum atomic E-state index is 12.3. The fourth-order valence-electron chi connectivity index (χ4n) is 1.16. The molecule has 0 amide bonds. The van der Waals surface area contributed by atoms with E-state index in [1.165, 1.54) is 5.38 Å². The van der Waals surface area contributed by atoms with Crippen molar-refractivity contribution < 1.29 is 13.2 Å². The van der Waals surface area contributed by atoms with Gasteiger partial charge in [-0.05, 0) is 12.1 Å². The molecule has 0 N–H and O–H groups in total. The number of hydrogen-bond donors (Lipinski definition) is 0. The van der Waals surface area contributed by atoms with E-state index < -0.39 is 11.2 Å². The van der Waals surface area contributed by atoms with Crippen LogP contribution >= 0.6 is 27.3 Å². The quantitative estimate of drug-likeness (QED) is 0.751. The van der Waals surface area contributed by atoms with Crippen LogP contribution in [0.2, 0.25) is 0 Å². The lowest BCUT2D eigenvalue weighted by atomic mass is 10.2. The van der Waals surface area contributed by atoms with Crippen molar-refractivity contribution >= 4 is 27.3 Å². The predicted octanol–water partition coefficient (Wildman–Crippen LogP) is 4.59. The number of benzene rings is 1. The molecule has 1 aromatic carbocycles. The summed E-state index contributed by atoms with van der Waals surface area (Å²) in [5, 5.41) is 0.594. The summed E-state index contributed by atoms with van der Waals surface area (Å²) in [6, 6.07) is 6.97. The maximum absolute atomic E-state index is 12.3. The Balaban J connectivity index is 2.35. The molecule has 0 saturated carbocycles. The Morgan fingerprint density at radius 1 is 1.12 bits per heavy atom. The number of hydrogen-bond acceptors (Lipinski definition) is 2. The minimum atomic E-state index is -4.36. The van der Waals surface area contributed by atoms with Gasteiger partial charge in [0.1, 0.15) is 0 Å². The third kappa shape index (κ3) is 2.44. The van der Waals surface area contributed by atoms with Crippen LogP contribution in [0.15, 0.2) is 34.1 Å². The smallest absolute Gasteiger partial charge is 0.232 e. The molecule has 0 aliphatic carbocycles. The van der Waals surface area contributed by atoms with E-state index in [1.54, 1.807) is 24.3 Å². The zero-order valence-corrected chi connectivity index (χ0v) is 10.2. The van der Waals surface area contributed by atoms with Crippen LogP contribution in [0.3, 0.4) is 0 Å². The minimum absolute atomic E-state index is 0.352. The first-order valence-corrected chi connectivity index (χ1v) is 5.93. The fourth-order valence-corrected chi connectivity index (χ4v) is 2.12. The third-order valence-electron chi connectivity index (χ3n) is 1.89. The number of thiazole rings is 1. The highest BCUT2D eigenvalue weighted by atomic mass is 79.9. The number of alkyl halides is 3. The lowest BCUT2D eigenvalue weighted by Gasteiger charge is -2.00. The molecule has 0 unspecified atom stereocenters. The van der Waals surface area contributed by atoms with Crippen LogP contribution in [0, 0.1) is 0 Å². The van der Waals surface area contributed by atoms with E-state index in [2.05, 4.69) is 20.9 Å². The van der Waals surface area contributed by atoms with Crippen molar-refractivity contribution in [2.75, 3.05) is 0 Å². The molecule has 0 atom stereocenters. The Kier molecular flexibility index (Phi) is 3.03. The Morgan fingerprint density at radius 2 is 1.75 bits per heavy atom. The van der Waals surface area contributed by atoms with Gasteiger partial charge in [-0.25, -0.2) is 4.98 Å². The van der Waals surface area contributed by atoms with E-state index in [-0.39, 0.29) is 0 Å². The number of aromatic nitrogens is 1. The summed E-state index contributed by atoms with van der Waals surface area (Å²) in [6.07, 6.45) is -4.36. The second kappa shape index (κ2) is 4.18. The lowest BCUT2D eigenvalue weighted by molar-refractivity contribution is -0.137. The number of halogens is 4. The van der Waals surface area contributed by atoms with Crippen LogP contribution in [0.5, 0.6) is 0 Å². The van der Waals surface area contributed by atoms with Crippen LogP contribution in [-0.2, 0) is 6.18 Å². The summed E-state index contributed by atoms with van der Waals surface area (Å²) < 4.78 is 37.8. The van der Waals surface area contributed by atoms with Crippen LogP contribution in [0.4, 0.5) is 13.2 Å². The van der Waals surface area contributed by atoms with Crippen LogP contribution < -0.4 is 0 Å². The Bertz CT molecular complexity index is 490. The molecule has 0 radical (unpaired) electrons. The van der Waals surface area contributed by atoms with Gasteiger partial charge >= 0.3 is 6.18 Å². The molecule has 0 aliphatic rings. The summed E-state index contributed by atoms with van der Waals surface area (Å²) in [4.78, 5) is 3.56. The topological polar surface area (TPSA) is 12.9 Å². The average Bonchev–Trinajstić information content (AvgIpc) is 2.67. The van der Waals surface area contributed by atoms with Crippen LogP contribution in [0.25, 0.3) is 11.3 Å². The third-order valence-corrected chi connectivity index (χ3v) is 3.30. The summed E-state index contributed by atoms with van der Waals surface area (Å²) in [6.45, 7) is 0. The first-order valence-electron chi connectivity index (χ1n) is 4.25. The molecule has 6 heteroatoms. The van der Waals surface area contributed by atoms with E-state index in [1.807, 2.05) is 0 Å². The molecule has 2 rings (SSSR count). The Hall–Kier alpha value is -0.880. The molecule has 2 aromatic rings. The van der Waals surface area contributed by atoms with E-state index in [4.69, 9.17) is 0 Å². The van der Waals surface area contributed by atoms with Crippen molar-refractivity contribution in [1.82, 2.24) is 4.98 Å². The zero-order valence-electron chi connectivity index (χ0n) is 7.75. The SMILES string of the molecule is FC(F)(F)c1nc(-c2ccc(Br)cc2)cs1. The van der Waals surface area contributed by atoms with Gasteiger partial charge in [0.15, 0.2) is 5.01 Å². The number of nitrogens with zero attached hydrogens (tertiary/aromatic N) is 1. The van der Waals surface area contributed by atoms with Gasteiger partial charge in [0.25, 0.3) is 0 Å². The minimum Gasteiger partial charge on any atom is -0.232 e. The van der Waals surface area contributed by atoms with E-state index in [9.17, 15) is 13.2 Å². The normalized spacial score (nSPS) is 11.8. The van der Waals surface area contributed by atoms with E-state index >= 15 is 0 Å². The van der Waals surface area contributed by atoms with Gasteiger partial charge in [0, 0.05) is 15.4 Å². The van der Waals surface area contributed by atoms with Gasteiger partial charge in [-0.3, -0.25) is 0 Å². The average molecular weight is 308 g/mol. The van der Waals surface area contributed by atoms with Crippen molar-refractivity contribution in [3.05, 3.63) is 39.1 Å². The summed E-state index contributed by atoms with van der Waals surface area (Å²) in [5.74, 6) is 0. The molecule has 0 aliphatic heterocycles. The molecule has 0 spiro atoms. The van der Waals surface area contributed by atoms with Crippen molar-refractivity contribution in [3.8, 4) is 11.3 Å². The predicted molar refractivity (Wildman–Crippen MR) is 60.3 cm³/mol. The van der Waals surface area contributed by atoms with Gasteiger partial charge in [0.05, 0.1) is 5.69 Å². The highest BCUT2D eigenvalue weighted by Crippen LogP contribution is 2.34. The lowest BCUT2D eigenvalue weighted by Crippen LogP contribution is -2.03. The molecule has 84 valence electrons. The molecule has 16 heavy (non-hydrogen) atoms. The summed E-state index contributed by atoms with van der Waals surface area (Å²) >= 11 is 3.86. The van der Waals surface area contributed by atoms with Gasteiger partial charge in [-0.15, -0.1) is 11.3 Å². The molecule has 0 fully saturated rings. The molecular weight excluding hydrogens is 303 g/mol. The van der Waals surface area contributed by atoms with Crippen LogP contribution in [0.1, 0.15) is 5.01 Å². The van der Waals surface area contributed by atoms with Gasteiger partial charge in [-0.2, -0.15) is 13.2 Å². The monoisotopic (exact) mass is 307 g/mol. The highest BCUT2D eigenvalue weighted by molar-refractivity contribution is 9.10. The summed E-state index contributed by atoms with van der Waals surface area (Å²) in [7, 11) is 0. The van der Waals surface area contributed by atoms with Crippen molar-refractivity contribution in [2.45, 2.75) is 6.18 Å². The summed E-state index contributed by atoms with van der Waals surface area (Å²) in [5.41, 5.74) is 1.03. The fraction of sp³-hybridized carbons (Fsp3) is 0.100. The van der Waals surface area contributed by atoms with Gasteiger partial charge in [0.2, 0.25) is 0 Å². The Morgan fingerprint density at radius 3 is 2.25 bits per heavy atom. The van der Waals surface area contributed by atoms with Crippen molar-refractivity contribution in [1.29, 1.82) is 0 Å². The second-order valence-electron chi connectivity index (χ2n) is 3.04. The molecule has 0 saturated heterocycles. The molecule has 0 bridgehead atoms. The highest BCUT2D eigenvalue weighted by Gasteiger charge is 2.34. The molecule has 1 nitrogen and oxygen atoms in total.